The summed E-state index contributed by atoms with van der Waals surface area (Å²) in [7, 11) is -2.15. The molecule has 2 N–H and O–H groups in total. The van der Waals surface area contributed by atoms with Crippen LogP contribution >= 0.6 is 15.9 Å². The number of rotatable bonds is 4. The maximum atomic E-state index is 13.4. The van der Waals surface area contributed by atoms with Crippen LogP contribution in [0.15, 0.2) is 51.8 Å². The molecule has 0 unspecified atom stereocenters. The summed E-state index contributed by atoms with van der Waals surface area (Å²) in [5.41, 5.74) is 0.634. The van der Waals surface area contributed by atoms with Gasteiger partial charge in [-0.25, -0.2) is 12.8 Å². The number of para-hydroxylation sites is 1. The van der Waals surface area contributed by atoms with Crippen molar-refractivity contribution in [2.45, 2.75) is 4.90 Å². The molecule has 0 radical (unpaired) electrons. The van der Waals surface area contributed by atoms with Gasteiger partial charge in [-0.05, 0) is 46.3 Å². The minimum absolute atomic E-state index is 0.103. The lowest BCUT2D eigenvalue weighted by atomic mass is 10.3. The van der Waals surface area contributed by atoms with E-state index in [9.17, 15) is 12.8 Å². The molecule has 0 atom stereocenters. The Balaban J connectivity index is 2.38. The summed E-state index contributed by atoms with van der Waals surface area (Å²) >= 11 is 3.01. The van der Waals surface area contributed by atoms with Gasteiger partial charge in [-0.15, -0.1) is 0 Å². The van der Waals surface area contributed by atoms with E-state index in [2.05, 4.69) is 26.0 Å². The van der Waals surface area contributed by atoms with Gasteiger partial charge in [0.25, 0.3) is 10.0 Å². The van der Waals surface area contributed by atoms with Gasteiger partial charge in [0.1, 0.15) is 10.7 Å². The molecule has 0 heterocycles. The molecule has 0 fully saturated rings. The smallest absolute Gasteiger partial charge is 0.263 e. The molecule has 0 amide bonds. The topological polar surface area (TPSA) is 58.2 Å². The van der Waals surface area contributed by atoms with E-state index in [1.165, 1.54) is 18.2 Å². The number of halogens is 2. The lowest BCUT2D eigenvalue weighted by molar-refractivity contribution is 0.601. The molecule has 0 aromatic heterocycles. The third-order valence-corrected chi connectivity index (χ3v) is 4.70. The van der Waals surface area contributed by atoms with E-state index >= 15 is 0 Å². The standard InChI is InChI=1S/C13H12BrFN2O2S/c1-16-12-4-2-3-5-13(12)20(18,19)17-9-6-7-10(14)11(15)8-9/h2-8,16-17H,1H3. The van der Waals surface area contributed by atoms with E-state index in [0.717, 1.165) is 6.07 Å². The average Bonchev–Trinajstić information content (AvgIpc) is 2.42. The highest BCUT2D eigenvalue weighted by atomic mass is 79.9. The summed E-state index contributed by atoms with van der Waals surface area (Å²) in [5.74, 6) is -0.535. The molecule has 0 saturated carbocycles. The quantitative estimate of drug-likeness (QED) is 0.880. The summed E-state index contributed by atoms with van der Waals surface area (Å²) in [5, 5.41) is 2.81. The molecule has 2 aromatic carbocycles. The first kappa shape index (κ1) is 14.8. The van der Waals surface area contributed by atoms with Gasteiger partial charge in [0.15, 0.2) is 0 Å². The van der Waals surface area contributed by atoms with Crippen molar-refractivity contribution < 1.29 is 12.8 Å². The molecule has 0 aliphatic carbocycles. The van der Waals surface area contributed by atoms with Gasteiger partial charge in [-0.3, -0.25) is 4.72 Å². The van der Waals surface area contributed by atoms with Crippen molar-refractivity contribution in [3.8, 4) is 0 Å². The van der Waals surface area contributed by atoms with E-state index in [1.807, 2.05) is 0 Å². The number of benzene rings is 2. The second-order valence-corrected chi connectivity index (χ2v) is 6.49. The predicted octanol–water partition coefficient (Wildman–Crippen LogP) is 3.43. The van der Waals surface area contributed by atoms with E-state index in [0.29, 0.717) is 5.69 Å². The maximum absolute atomic E-state index is 13.4. The highest BCUT2D eigenvalue weighted by Gasteiger charge is 2.18. The van der Waals surface area contributed by atoms with Gasteiger partial charge in [0, 0.05) is 7.05 Å². The Hall–Kier alpha value is -1.60. The van der Waals surface area contributed by atoms with Crippen LogP contribution in [0.5, 0.6) is 0 Å². The van der Waals surface area contributed by atoms with Crippen molar-refractivity contribution in [1.29, 1.82) is 0 Å². The van der Waals surface area contributed by atoms with Crippen LogP contribution in [0.2, 0.25) is 0 Å². The van der Waals surface area contributed by atoms with Crippen molar-refractivity contribution in [3.63, 3.8) is 0 Å². The molecule has 2 rings (SSSR count). The molecule has 0 saturated heterocycles. The monoisotopic (exact) mass is 358 g/mol. The summed E-state index contributed by atoms with van der Waals surface area (Å²) in [6, 6.07) is 10.5. The molecule has 4 nitrogen and oxygen atoms in total. The van der Waals surface area contributed by atoms with E-state index in [1.54, 1.807) is 25.2 Å². The Bertz CT molecular complexity index is 735. The van der Waals surface area contributed by atoms with Crippen LogP contribution in [0, 0.1) is 5.82 Å². The van der Waals surface area contributed by atoms with Crippen LogP contribution in [-0.4, -0.2) is 15.5 Å². The number of nitrogens with one attached hydrogen (secondary N) is 2. The second-order valence-electron chi connectivity index (χ2n) is 3.98. The van der Waals surface area contributed by atoms with E-state index in [4.69, 9.17) is 0 Å². The average molecular weight is 359 g/mol. The van der Waals surface area contributed by atoms with Gasteiger partial charge in [0.2, 0.25) is 0 Å². The number of hydrogen-bond donors (Lipinski definition) is 2. The van der Waals surface area contributed by atoms with Gasteiger partial charge in [-0.1, -0.05) is 12.1 Å². The predicted molar refractivity (Wildman–Crippen MR) is 80.9 cm³/mol. The summed E-state index contributed by atoms with van der Waals surface area (Å²) < 4.78 is 40.6. The third-order valence-electron chi connectivity index (χ3n) is 2.62. The lowest BCUT2D eigenvalue weighted by Gasteiger charge is -2.12. The fraction of sp³-hybridized carbons (Fsp3) is 0.0769. The molecular weight excluding hydrogens is 347 g/mol. The molecular formula is C13H12BrFN2O2S. The van der Waals surface area contributed by atoms with Crippen LogP contribution in [0.25, 0.3) is 0 Å². The van der Waals surface area contributed by atoms with E-state index < -0.39 is 15.8 Å². The van der Waals surface area contributed by atoms with Crippen LogP contribution in [0.4, 0.5) is 15.8 Å². The Morgan fingerprint density at radius 3 is 2.50 bits per heavy atom. The number of anilines is 2. The van der Waals surface area contributed by atoms with Crippen LogP contribution < -0.4 is 10.0 Å². The lowest BCUT2D eigenvalue weighted by Crippen LogP contribution is -2.14. The molecule has 7 heteroatoms. The Morgan fingerprint density at radius 2 is 1.85 bits per heavy atom. The van der Waals surface area contributed by atoms with Crippen molar-refractivity contribution >= 4 is 37.3 Å². The number of hydrogen-bond acceptors (Lipinski definition) is 3. The SMILES string of the molecule is CNc1ccccc1S(=O)(=O)Nc1ccc(Br)c(F)c1. The first-order chi connectivity index (χ1) is 9.44. The maximum Gasteiger partial charge on any atom is 0.263 e. The fourth-order valence-electron chi connectivity index (χ4n) is 1.68. The van der Waals surface area contributed by atoms with Crippen molar-refractivity contribution in [2.24, 2.45) is 0 Å². The molecule has 0 aliphatic heterocycles. The van der Waals surface area contributed by atoms with Crippen molar-refractivity contribution in [3.05, 3.63) is 52.8 Å². The van der Waals surface area contributed by atoms with Crippen molar-refractivity contribution in [1.82, 2.24) is 0 Å². The second kappa shape index (κ2) is 5.80. The van der Waals surface area contributed by atoms with Crippen LogP contribution in [0.1, 0.15) is 0 Å². The molecule has 106 valence electrons. The third kappa shape index (κ3) is 3.10. The largest absolute Gasteiger partial charge is 0.387 e. The van der Waals surface area contributed by atoms with Gasteiger partial charge in [0.05, 0.1) is 15.8 Å². The molecule has 0 spiro atoms. The number of sulfonamides is 1. The van der Waals surface area contributed by atoms with E-state index in [-0.39, 0.29) is 15.1 Å². The zero-order chi connectivity index (χ0) is 14.8. The van der Waals surface area contributed by atoms with Crippen molar-refractivity contribution in [2.75, 3.05) is 17.1 Å². The van der Waals surface area contributed by atoms with Crippen LogP contribution in [0.3, 0.4) is 0 Å². The molecule has 0 bridgehead atoms. The Kier molecular flexibility index (Phi) is 4.29. The molecule has 20 heavy (non-hydrogen) atoms. The summed E-state index contributed by atoms with van der Waals surface area (Å²) in [4.78, 5) is 0.103. The fourth-order valence-corrected chi connectivity index (χ4v) is 3.19. The minimum Gasteiger partial charge on any atom is -0.387 e. The Labute approximate surface area is 125 Å². The molecule has 2 aromatic rings. The summed E-state index contributed by atoms with van der Waals surface area (Å²) in [6.07, 6.45) is 0. The highest BCUT2D eigenvalue weighted by molar-refractivity contribution is 9.10. The highest BCUT2D eigenvalue weighted by Crippen LogP contribution is 2.25. The van der Waals surface area contributed by atoms with Gasteiger partial charge >= 0.3 is 0 Å². The van der Waals surface area contributed by atoms with Gasteiger partial charge < -0.3 is 5.32 Å². The zero-order valence-corrected chi connectivity index (χ0v) is 12.9. The van der Waals surface area contributed by atoms with Gasteiger partial charge in [-0.2, -0.15) is 0 Å². The summed E-state index contributed by atoms with van der Waals surface area (Å²) in [6.45, 7) is 0. The minimum atomic E-state index is -3.78. The Morgan fingerprint density at radius 1 is 1.15 bits per heavy atom. The normalized spacial score (nSPS) is 11.2. The zero-order valence-electron chi connectivity index (χ0n) is 10.5. The molecule has 0 aliphatic rings. The first-order valence-corrected chi connectivity index (χ1v) is 7.96. The first-order valence-electron chi connectivity index (χ1n) is 5.68. The van der Waals surface area contributed by atoms with Crippen LogP contribution in [-0.2, 0) is 10.0 Å².